The molecule has 0 aliphatic heterocycles. The summed E-state index contributed by atoms with van der Waals surface area (Å²) in [6, 6.07) is 1.69. The van der Waals surface area contributed by atoms with Gasteiger partial charge in [0.2, 0.25) is 5.75 Å². The second-order valence-corrected chi connectivity index (χ2v) is 5.28. The van der Waals surface area contributed by atoms with Crippen LogP contribution in [0.1, 0.15) is 9.67 Å². The first-order valence-corrected chi connectivity index (χ1v) is 6.73. The standard InChI is InChI=1S/C12H10Cl2O4S/c1-16-6-4-5-7(13)11(12(14)15)19-10(5)9(18-3)8(6)17-2/h4H,1-3H3. The van der Waals surface area contributed by atoms with Crippen molar-refractivity contribution in [3.63, 3.8) is 0 Å². The molecule has 0 spiro atoms. The lowest BCUT2D eigenvalue weighted by Gasteiger charge is -2.12. The van der Waals surface area contributed by atoms with Gasteiger partial charge in [0.15, 0.2) is 11.5 Å². The predicted molar refractivity (Wildman–Crippen MR) is 76.7 cm³/mol. The molecule has 2 aromatic rings. The lowest BCUT2D eigenvalue weighted by atomic mass is 10.2. The summed E-state index contributed by atoms with van der Waals surface area (Å²) in [5, 5.41) is 0.329. The maximum Gasteiger partial charge on any atom is 0.263 e. The summed E-state index contributed by atoms with van der Waals surface area (Å²) in [7, 11) is 4.53. The number of thiophene rings is 1. The molecule has 1 aromatic carbocycles. The van der Waals surface area contributed by atoms with Crippen LogP contribution >= 0.6 is 34.5 Å². The fourth-order valence-electron chi connectivity index (χ4n) is 1.79. The minimum atomic E-state index is -0.605. The van der Waals surface area contributed by atoms with Crippen molar-refractivity contribution in [1.82, 2.24) is 0 Å². The third-order valence-electron chi connectivity index (χ3n) is 2.60. The molecule has 0 atom stereocenters. The number of rotatable bonds is 4. The highest BCUT2D eigenvalue weighted by atomic mass is 35.5. The Kier molecular flexibility index (Phi) is 4.08. The maximum absolute atomic E-state index is 11.3. The normalized spacial score (nSPS) is 10.6. The average molecular weight is 321 g/mol. The number of methoxy groups -OCH3 is 3. The van der Waals surface area contributed by atoms with Crippen molar-refractivity contribution in [2.24, 2.45) is 0 Å². The molecular formula is C12H10Cl2O4S. The molecule has 0 saturated heterocycles. The van der Waals surface area contributed by atoms with Crippen molar-refractivity contribution in [3.05, 3.63) is 16.0 Å². The second-order valence-electron chi connectivity index (χ2n) is 3.54. The van der Waals surface area contributed by atoms with Crippen LogP contribution in [0.2, 0.25) is 5.02 Å². The van der Waals surface area contributed by atoms with Gasteiger partial charge in [-0.25, -0.2) is 0 Å². The van der Waals surface area contributed by atoms with E-state index in [0.29, 0.717) is 32.4 Å². The van der Waals surface area contributed by atoms with Crippen LogP contribution in [-0.4, -0.2) is 26.6 Å². The molecule has 1 aromatic heterocycles. The fraction of sp³-hybridized carbons (Fsp3) is 0.250. The van der Waals surface area contributed by atoms with Gasteiger partial charge in [-0.15, -0.1) is 11.3 Å². The van der Waals surface area contributed by atoms with Crippen molar-refractivity contribution in [2.45, 2.75) is 0 Å². The lowest BCUT2D eigenvalue weighted by Crippen LogP contribution is -1.94. The zero-order valence-electron chi connectivity index (χ0n) is 10.4. The minimum Gasteiger partial charge on any atom is -0.493 e. The topological polar surface area (TPSA) is 44.8 Å². The molecule has 0 aliphatic carbocycles. The van der Waals surface area contributed by atoms with E-state index in [1.165, 1.54) is 21.3 Å². The molecule has 4 nitrogen and oxygen atoms in total. The van der Waals surface area contributed by atoms with Crippen molar-refractivity contribution < 1.29 is 19.0 Å². The Hall–Kier alpha value is -1.17. The molecule has 0 fully saturated rings. The van der Waals surface area contributed by atoms with Crippen LogP contribution in [-0.2, 0) is 0 Å². The quantitative estimate of drug-likeness (QED) is 0.800. The SMILES string of the molecule is COc1cc2c(Cl)c(C(=O)Cl)sc2c(OC)c1OC. The molecule has 0 bridgehead atoms. The van der Waals surface area contributed by atoms with E-state index < -0.39 is 5.24 Å². The van der Waals surface area contributed by atoms with Crippen LogP contribution in [0.15, 0.2) is 6.07 Å². The van der Waals surface area contributed by atoms with Gasteiger partial charge in [-0.1, -0.05) is 11.6 Å². The van der Waals surface area contributed by atoms with Gasteiger partial charge in [0.05, 0.1) is 31.1 Å². The molecule has 19 heavy (non-hydrogen) atoms. The van der Waals surface area contributed by atoms with E-state index in [1.807, 2.05) is 0 Å². The molecule has 1 heterocycles. The Morgan fingerprint density at radius 1 is 1.16 bits per heavy atom. The van der Waals surface area contributed by atoms with Crippen LogP contribution in [0.4, 0.5) is 0 Å². The molecule has 0 saturated carbocycles. The van der Waals surface area contributed by atoms with Gasteiger partial charge in [-0.2, -0.15) is 0 Å². The van der Waals surface area contributed by atoms with E-state index in [0.717, 1.165) is 11.3 Å². The van der Waals surface area contributed by atoms with E-state index >= 15 is 0 Å². The van der Waals surface area contributed by atoms with Crippen molar-refractivity contribution in [2.75, 3.05) is 21.3 Å². The number of hydrogen-bond donors (Lipinski definition) is 0. The van der Waals surface area contributed by atoms with E-state index in [4.69, 9.17) is 37.4 Å². The molecule has 0 N–H and O–H groups in total. The van der Waals surface area contributed by atoms with E-state index in [9.17, 15) is 4.79 Å². The number of benzene rings is 1. The molecule has 7 heteroatoms. The van der Waals surface area contributed by atoms with Crippen LogP contribution < -0.4 is 14.2 Å². The van der Waals surface area contributed by atoms with Crippen molar-refractivity contribution in [3.8, 4) is 17.2 Å². The number of fused-ring (bicyclic) bond motifs is 1. The molecule has 2 rings (SSSR count). The fourth-order valence-corrected chi connectivity index (χ4v) is 3.48. The Labute approximate surface area is 123 Å². The number of hydrogen-bond acceptors (Lipinski definition) is 5. The Bertz CT molecular complexity index is 651. The van der Waals surface area contributed by atoms with Gasteiger partial charge in [0.1, 0.15) is 4.88 Å². The van der Waals surface area contributed by atoms with E-state index in [1.54, 1.807) is 6.07 Å². The molecule has 0 radical (unpaired) electrons. The number of ether oxygens (including phenoxy) is 3. The predicted octanol–water partition coefficient (Wildman–Crippen LogP) is 3.96. The van der Waals surface area contributed by atoms with Crippen LogP contribution in [0.5, 0.6) is 17.2 Å². The third kappa shape index (κ3) is 2.22. The highest BCUT2D eigenvalue weighted by molar-refractivity contribution is 7.23. The Morgan fingerprint density at radius 2 is 1.79 bits per heavy atom. The third-order valence-corrected chi connectivity index (χ3v) is 4.61. The molecule has 0 aliphatic rings. The van der Waals surface area contributed by atoms with Gasteiger partial charge in [0.25, 0.3) is 5.24 Å². The molecule has 102 valence electrons. The highest BCUT2D eigenvalue weighted by Gasteiger charge is 2.23. The summed E-state index contributed by atoms with van der Waals surface area (Å²) >= 11 is 12.8. The summed E-state index contributed by atoms with van der Waals surface area (Å²) in [5.41, 5.74) is 0. The van der Waals surface area contributed by atoms with Gasteiger partial charge >= 0.3 is 0 Å². The molecule has 0 amide bonds. The number of carbonyl (C=O) groups excluding carboxylic acids is 1. The van der Waals surface area contributed by atoms with Crippen molar-refractivity contribution >= 4 is 49.9 Å². The minimum absolute atomic E-state index is 0.270. The summed E-state index contributed by atoms with van der Waals surface area (Å²) in [6.07, 6.45) is 0. The van der Waals surface area contributed by atoms with E-state index in [-0.39, 0.29) is 4.88 Å². The summed E-state index contributed by atoms with van der Waals surface area (Å²) in [6.45, 7) is 0. The number of carbonyl (C=O) groups is 1. The summed E-state index contributed by atoms with van der Waals surface area (Å²) in [5.74, 6) is 1.39. The smallest absolute Gasteiger partial charge is 0.263 e. The maximum atomic E-state index is 11.3. The van der Waals surface area contributed by atoms with Gasteiger partial charge in [0, 0.05) is 5.39 Å². The van der Waals surface area contributed by atoms with Gasteiger partial charge in [-0.05, 0) is 17.7 Å². The zero-order chi connectivity index (χ0) is 14.2. The monoisotopic (exact) mass is 320 g/mol. The zero-order valence-corrected chi connectivity index (χ0v) is 12.7. The van der Waals surface area contributed by atoms with Crippen LogP contribution in [0, 0.1) is 0 Å². The Balaban J connectivity index is 2.89. The first-order chi connectivity index (χ1) is 9.04. The Morgan fingerprint density at radius 3 is 2.26 bits per heavy atom. The average Bonchev–Trinajstić information content (AvgIpc) is 2.73. The molecular weight excluding hydrogens is 311 g/mol. The van der Waals surface area contributed by atoms with Gasteiger partial charge < -0.3 is 14.2 Å². The van der Waals surface area contributed by atoms with Crippen LogP contribution in [0.3, 0.4) is 0 Å². The van der Waals surface area contributed by atoms with Gasteiger partial charge in [-0.3, -0.25) is 4.79 Å². The largest absolute Gasteiger partial charge is 0.493 e. The lowest BCUT2D eigenvalue weighted by molar-refractivity contribution is 0.108. The van der Waals surface area contributed by atoms with E-state index in [2.05, 4.69) is 0 Å². The highest BCUT2D eigenvalue weighted by Crippen LogP contribution is 2.49. The molecule has 0 unspecified atom stereocenters. The first kappa shape index (κ1) is 14.2. The first-order valence-electron chi connectivity index (χ1n) is 5.15. The number of halogens is 2. The summed E-state index contributed by atoms with van der Waals surface area (Å²) in [4.78, 5) is 11.6. The van der Waals surface area contributed by atoms with Crippen LogP contribution in [0.25, 0.3) is 10.1 Å². The second kappa shape index (κ2) is 5.45. The van der Waals surface area contributed by atoms with Crippen molar-refractivity contribution in [1.29, 1.82) is 0 Å². The summed E-state index contributed by atoms with van der Waals surface area (Å²) < 4.78 is 16.5.